The molecule has 0 aromatic heterocycles. The number of Topliss-reactive ketones (excluding diaryl/α,β-unsaturated/α-hetero) is 1. The molecule has 0 saturated heterocycles. The van der Waals surface area contributed by atoms with Crippen molar-refractivity contribution in [2.24, 2.45) is 5.92 Å². The monoisotopic (exact) mass is 275 g/mol. The minimum Gasteiger partial charge on any atom is -0.380 e. The Hall–Kier alpha value is -1.19. The van der Waals surface area contributed by atoms with E-state index in [0.717, 1.165) is 31.1 Å². The van der Waals surface area contributed by atoms with E-state index in [9.17, 15) is 4.79 Å². The maximum Gasteiger partial charge on any atom is 0.179 e. The predicted molar refractivity (Wildman–Crippen MR) is 81.0 cm³/mol. The van der Waals surface area contributed by atoms with Crippen molar-refractivity contribution < 1.29 is 9.53 Å². The Labute approximate surface area is 121 Å². The molecule has 0 aliphatic heterocycles. The molecule has 1 saturated carbocycles. The van der Waals surface area contributed by atoms with Crippen LogP contribution < -0.4 is 0 Å². The van der Waals surface area contributed by atoms with Crippen LogP contribution in [0.5, 0.6) is 0 Å². The maximum atomic E-state index is 12.5. The molecular weight excluding hydrogens is 250 g/mol. The summed E-state index contributed by atoms with van der Waals surface area (Å²) >= 11 is 0. The second-order valence-corrected chi connectivity index (χ2v) is 5.65. The van der Waals surface area contributed by atoms with E-state index in [2.05, 4.69) is 11.8 Å². The molecule has 1 atom stereocenters. The van der Waals surface area contributed by atoms with Crippen molar-refractivity contribution in [3.8, 4) is 0 Å². The molecule has 20 heavy (non-hydrogen) atoms. The second kappa shape index (κ2) is 7.55. The molecule has 110 valence electrons. The van der Waals surface area contributed by atoms with Gasteiger partial charge in [0.05, 0.1) is 12.6 Å². The van der Waals surface area contributed by atoms with Gasteiger partial charge in [-0.05, 0) is 32.2 Å². The van der Waals surface area contributed by atoms with Crippen LogP contribution >= 0.6 is 0 Å². The van der Waals surface area contributed by atoms with E-state index in [4.69, 9.17) is 4.74 Å². The van der Waals surface area contributed by atoms with Gasteiger partial charge in [-0.15, -0.1) is 0 Å². The third-order valence-electron chi connectivity index (χ3n) is 3.92. The Kier molecular flexibility index (Phi) is 5.74. The highest BCUT2D eigenvalue weighted by Gasteiger charge is 2.23. The van der Waals surface area contributed by atoms with E-state index in [-0.39, 0.29) is 11.8 Å². The molecular formula is C17H25NO2. The van der Waals surface area contributed by atoms with E-state index >= 15 is 0 Å². The molecule has 1 aliphatic carbocycles. The average molecular weight is 275 g/mol. The second-order valence-electron chi connectivity index (χ2n) is 5.65. The van der Waals surface area contributed by atoms with Gasteiger partial charge in [0.15, 0.2) is 5.78 Å². The van der Waals surface area contributed by atoms with Crippen LogP contribution in [0.4, 0.5) is 0 Å². The molecule has 2 rings (SSSR count). The van der Waals surface area contributed by atoms with Crippen LogP contribution in [0.2, 0.25) is 0 Å². The minimum absolute atomic E-state index is 0.0538. The highest BCUT2D eigenvalue weighted by atomic mass is 16.5. The first-order chi connectivity index (χ1) is 9.72. The summed E-state index contributed by atoms with van der Waals surface area (Å²) < 4.78 is 5.66. The molecule has 0 heterocycles. The summed E-state index contributed by atoms with van der Waals surface area (Å²) in [7, 11) is 2.01. The summed E-state index contributed by atoms with van der Waals surface area (Å²) in [6.07, 6.45) is 3.46. The van der Waals surface area contributed by atoms with Gasteiger partial charge in [0.1, 0.15) is 0 Å². The van der Waals surface area contributed by atoms with E-state index in [1.165, 1.54) is 12.8 Å². The summed E-state index contributed by atoms with van der Waals surface area (Å²) in [5.41, 5.74) is 0.796. The van der Waals surface area contributed by atoms with Crippen molar-refractivity contribution in [1.82, 2.24) is 4.90 Å². The topological polar surface area (TPSA) is 29.5 Å². The van der Waals surface area contributed by atoms with Gasteiger partial charge in [0, 0.05) is 18.7 Å². The van der Waals surface area contributed by atoms with Crippen molar-refractivity contribution in [1.29, 1.82) is 0 Å². The molecule has 3 heteroatoms. The number of nitrogens with zero attached hydrogens (tertiary/aromatic N) is 1. The van der Waals surface area contributed by atoms with Gasteiger partial charge in [-0.25, -0.2) is 0 Å². The van der Waals surface area contributed by atoms with Crippen LogP contribution in [0.3, 0.4) is 0 Å². The standard InChI is InChI=1S/C17H25NO2/c1-3-16(17(19)15-7-5-4-6-8-15)18(2)11-12-20-13-14-9-10-14/h4-8,14,16H,3,9-13H2,1-2H3. The Balaban J connectivity index is 1.81. The van der Waals surface area contributed by atoms with Gasteiger partial charge in [-0.3, -0.25) is 9.69 Å². The lowest BCUT2D eigenvalue weighted by molar-refractivity contribution is 0.0718. The molecule has 0 bridgehead atoms. The van der Waals surface area contributed by atoms with Crippen molar-refractivity contribution in [3.63, 3.8) is 0 Å². The number of ketones is 1. The molecule has 1 unspecified atom stereocenters. The quantitative estimate of drug-likeness (QED) is 0.512. The van der Waals surface area contributed by atoms with Crippen LogP contribution in [0.1, 0.15) is 36.5 Å². The number of rotatable bonds is 9. The maximum absolute atomic E-state index is 12.5. The fraction of sp³-hybridized carbons (Fsp3) is 0.588. The first-order valence-corrected chi connectivity index (χ1v) is 7.59. The molecule has 1 fully saturated rings. The van der Waals surface area contributed by atoms with Gasteiger partial charge >= 0.3 is 0 Å². The zero-order valence-corrected chi connectivity index (χ0v) is 12.5. The molecule has 0 amide bonds. The van der Waals surface area contributed by atoms with Crippen LogP contribution in [0, 0.1) is 5.92 Å². The van der Waals surface area contributed by atoms with Gasteiger partial charge in [-0.1, -0.05) is 37.3 Å². The fourth-order valence-corrected chi connectivity index (χ4v) is 2.39. The summed E-state index contributed by atoms with van der Waals surface area (Å²) in [5.74, 6) is 1.01. The molecule has 1 aromatic rings. The van der Waals surface area contributed by atoms with Crippen molar-refractivity contribution in [2.45, 2.75) is 32.2 Å². The highest BCUT2D eigenvalue weighted by Crippen LogP contribution is 2.28. The summed E-state index contributed by atoms with van der Waals surface area (Å²) in [6, 6.07) is 9.50. The summed E-state index contributed by atoms with van der Waals surface area (Å²) in [5, 5.41) is 0. The largest absolute Gasteiger partial charge is 0.380 e. The van der Waals surface area contributed by atoms with E-state index < -0.39 is 0 Å². The number of benzene rings is 1. The molecule has 0 spiro atoms. The Morgan fingerprint density at radius 2 is 2.05 bits per heavy atom. The van der Waals surface area contributed by atoms with Crippen LogP contribution in [-0.4, -0.2) is 43.5 Å². The summed E-state index contributed by atoms with van der Waals surface area (Å²) in [6.45, 7) is 4.47. The average Bonchev–Trinajstić information content (AvgIpc) is 3.29. The number of carbonyl (C=O) groups excluding carboxylic acids is 1. The van der Waals surface area contributed by atoms with Gasteiger partial charge in [-0.2, -0.15) is 0 Å². The van der Waals surface area contributed by atoms with E-state index in [0.29, 0.717) is 6.61 Å². The minimum atomic E-state index is -0.0538. The molecule has 1 aliphatic rings. The van der Waals surface area contributed by atoms with Crippen LogP contribution in [0.25, 0.3) is 0 Å². The van der Waals surface area contributed by atoms with Crippen molar-refractivity contribution in [3.05, 3.63) is 35.9 Å². The smallest absolute Gasteiger partial charge is 0.179 e. The zero-order valence-electron chi connectivity index (χ0n) is 12.5. The molecule has 1 aromatic carbocycles. The third-order valence-corrected chi connectivity index (χ3v) is 3.92. The molecule has 0 N–H and O–H groups in total. The van der Waals surface area contributed by atoms with Gasteiger partial charge in [0.25, 0.3) is 0 Å². The normalized spacial score (nSPS) is 16.4. The molecule has 0 radical (unpaired) electrons. The summed E-state index contributed by atoms with van der Waals surface area (Å²) in [4.78, 5) is 14.6. The predicted octanol–water partition coefficient (Wildman–Crippen LogP) is 3.01. The highest BCUT2D eigenvalue weighted by molar-refractivity contribution is 6.00. The van der Waals surface area contributed by atoms with Crippen LogP contribution in [-0.2, 0) is 4.74 Å². The number of carbonyl (C=O) groups is 1. The lowest BCUT2D eigenvalue weighted by Crippen LogP contribution is -2.40. The number of likely N-dealkylation sites (N-methyl/N-ethyl adjacent to an activating group) is 1. The van der Waals surface area contributed by atoms with E-state index in [1.807, 2.05) is 37.4 Å². The van der Waals surface area contributed by atoms with Gasteiger partial charge < -0.3 is 4.74 Å². The van der Waals surface area contributed by atoms with Crippen LogP contribution in [0.15, 0.2) is 30.3 Å². The van der Waals surface area contributed by atoms with Gasteiger partial charge in [0.2, 0.25) is 0 Å². The molecule has 3 nitrogen and oxygen atoms in total. The zero-order chi connectivity index (χ0) is 14.4. The first-order valence-electron chi connectivity index (χ1n) is 7.59. The van der Waals surface area contributed by atoms with Crippen molar-refractivity contribution >= 4 is 5.78 Å². The Morgan fingerprint density at radius 1 is 1.35 bits per heavy atom. The first kappa shape index (κ1) is 15.2. The number of hydrogen-bond donors (Lipinski definition) is 0. The lowest BCUT2D eigenvalue weighted by atomic mass is 10.0. The lowest BCUT2D eigenvalue weighted by Gasteiger charge is -2.26. The number of hydrogen-bond acceptors (Lipinski definition) is 3. The Morgan fingerprint density at radius 3 is 2.65 bits per heavy atom. The number of ether oxygens (including phenoxy) is 1. The van der Waals surface area contributed by atoms with E-state index in [1.54, 1.807) is 0 Å². The Bertz CT molecular complexity index is 414. The fourth-order valence-electron chi connectivity index (χ4n) is 2.39. The SMILES string of the molecule is CCC(C(=O)c1ccccc1)N(C)CCOCC1CC1. The third kappa shape index (κ3) is 4.43. The van der Waals surface area contributed by atoms with Crippen molar-refractivity contribution in [2.75, 3.05) is 26.8 Å².